The van der Waals surface area contributed by atoms with Crippen LogP contribution in [0.3, 0.4) is 0 Å². The van der Waals surface area contributed by atoms with Crippen molar-refractivity contribution in [1.29, 1.82) is 0 Å². The summed E-state index contributed by atoms with van der Waals surface area (Å²) < 4.78 is 0. The molecular formula is C14H15ClOS. The van der Waals surface area contributed by atoms with Crippen LogP contribution in [-0.2, 0) is 6.42 Å². The SMILES string of the molecule is Cc1cc(Cl)cc(C(O)CCc2cccs2)c1. The van der Waals surface area contributed by atoms with Gasteiger partial charge in [-0.2, -0.15) is 0 Å². The minimum Gasteiger partial charge on any atom is -0.388 e. The molecule has 90 valence electrons. The van der Waals surface area contributed by atoms with Crippen molar-refractivity contribution in [2.24, 2.45) is 0 Å². The Morgan fingerprint density at radius 1 is 1.35 bits per heavy atom. The number of aliphatic hydroxyl groups excluding tert-OH is 1. The second kappa shape index (κ2) is 5.67. The number of thiophene rings is 1. The first-order chi connectivity index (χ1) is 8.15. The molecule has 1 aromatic heterocycles. The Morgan fingerprint density at radius 3 is 2.82 bits per heavy atom. The number of hydrogen-bond acceptors (Lipinski definition) is 2. The summed E-state index contributed by atoms with van der Waals surface area (Å²) in [5.74, 6) is 0. The Hall–Kier alpha value is -0.830. The normalized spacial score (nSPS) is 12.6. The van der Waals surface area contributed by atoms with Crippen molar-refractivity contribution in [3.63, 3.8) is 0 Å². The van der Waals surface area contributed by atoms with Crippen molar-refractivity contribution in [3.8, 4) is 0 Å². The Bertz CT molecular complexity index is 459. The number of benzene rings is 1. The highest BCUT2D eigenvalue weighted by Gasteiger charge is 2.09. The molecule has 0 aliphatic carbocycles. The van der Waals surface area contributed by atoms with Crippen LogP contribution in [0.5, 0.6) is 0 Å². The molecule has 0 bridgehead atoms. The highest BCUT2D eigenvalue weighted by atomic mass is 35.5. The minimum atomic E-state index is -0.436. The van der Waals surface area contributed by atoms with Gasteiger partial charge in [-0.05, 0) is 54.5 Å². The third-order valence-electron chi connectivity index (χ3n) is 2.69. The molecule has 0 amide bonds. The first-order valence-electron chi connectivity index (χ1n) is 5.62. The number of hydrogen-bond donors (Lipinski definition) is 1. The summed E-state index contributed by atoms with van der Waals surface area (Å²) in [6.45, 7) is 1.99. The fourth-order valence-electron chi connectivity index (χ4n) is 1.86. The van der Waals surface area contributed by atoms with Crippen LogP contribution in [0.1, 0.15) is 28.5 Å². The Labute approximate surface area is 111 Å². The lowest BCUT2D eigenvalue weighted by atomic mass is 10.0. The van der Waals surface area contributed by atoms with Gasteiger partial charge in [0, 0.05) is 9.90 Å². The van der Waals surface area contributed by atoms with Crippen molar-refractivity contribution in [2.45, 2.75) is 25.9 Å². The van der Waals surface area contributed by atoms with Gasteiger partial charge in [0.05, 0.1) is 6.10 Å². The molecule has 1 atom stereocenters. The largest absolute Gasteiger partial charge is 0.388 e. The number of aryl methyl sites for hydroxylation is 2. The lowest BCUT2D eigenvalue weighted by Crippen LogP contribution is -1.99. The first-order valence-corrected chi connectivity index (χ1v) is 6.88. The maximum atomic E-state index is 10.1. The molecule has 0 aliphatic heterocycles. The lowest BCUT2D eigenvalue weighted by molar-refractivity contribution is 0.168. The van der Waals surface area contributed by atoms with Crippen LogP contribution >= 0.6 is 22.9 Å². The van der Waals surface area contributed by atoms with E-state index in [4.69, 9.17) is 11.6 Å². The summed E-state index contributed by atoms with van der Waals surface area (Å²) in [5.41, 5.74) is 1.99. The van der Waals surface area contributed by atoms with Gasteiger partial charge in [-0.15, -0.1) is 11.3 Å². The maximum Gasteiger partial charge on any atom is 0.0794 e. The van der Waals surface area contributed by atoms with Gasteiger partial charge < -0.3 is 5.11 Å². The van der Waals surface area contributed by atoms with Crippen LogP contribution in [0, 0.1) is 6.92 Å². The molecule has 0 aliphatic rings. The average Bonchev–Trinajstić information content (AvgIpc) is 2.77. The lowest BCUT2D eigenvalue weighted by Gasteiger charge is -2.11. The fraction of sp³-hybridized carbons (Fsp3) is 0.286. The van der Waals surface area contributed by atoms with Crippen LogP contribution in [0.15, 0.2) is 35.7 Å². The van der Waals surface area contributed by atoms with E-state index in [1.165, 1.54) is 4.88 Å². The number of aliphatic hydroxyl groups is 1. The molecule has 0 fully saturated rings. The third-order valence-corrected chi connectivity index (χ3v) is 3.85. The zero-order valence-electron chi connectivity index (χ0n) is 9.69. The van der Waals surface area contributed by atoms with Gasteiger partial charge in [-0.25, -0.2) is 0 Å². The van der Waals surface area contributed by atoms with Crippen molar-refractivity contribution in [3.05, 3.63) is 56.7 Å². The summed E-state index contributed by atoms with van der Waals surface area (Å²) >= 11 is 7.71. The predicted octanol–water partition coefficient (Wildman–Crippen LogP) is 4.38. The summed E-state index contributed by atoms with van der Waals surface area (Å²) in [6, 6.07) is 9.87. The standard InChI is InChI=1S/C14H15ClOS/c1-10-7-11(9-12(15)8-10)14(16)5-4-13-3-2-6-17-13/h2-3,6-9,14,16H,4-5H2,1H3. The van der Waals surface area contributed by atoms with E-state index in [9.17, 15) is 5.11 Å². The van der Waals surface area contributed by atoms with E-state index in [1.54, 1.807) is 11.3 Å². The van der Waals surface area contributed by atoms with E-state index in [1.807, 2.05) is 31.2 Å². The Balaban J connectivity index is 2.01. The van der Waals surface area contributed by atoms with E-state index in [2.05, 4.69) is 11.4 Å². The van der Waals surface area contributed by atoms with E-state index in [-0.39, 0.29) is 0 Å². The predicted molar refractivity (Wildman–Crippen MR) is 73.8 cm³/mol. The zero-order chi connectivity index (χ0) is 12.3. The quantitative estimate of drug-likeness (QED) is 0.871. The van der Waals surface area contributed by atoms with Crippen molar-refractivity contribution >= 4 is 22.9 Å². The van der Waals surface area contributed by atoms with Crippen LogP contribution < -0.4 is 0 Å². The molecule has 0 spiro atoms. The maximum absolute atomic E-state index is 10.1. The van der Waals surface area contributed by atoms with Gasteiger partial charge in [-0.1, -0.05) is 23.7 Å². The van der Waals surface area contributed by atoms with Crippen molar-refractivity contribution in [2.75, 3.05) is 0 Å². The van der Waals surface area contributed by atoms with Gasteiger partial charge in [-0.3, -0.25) is 0 Å². The van der Waals surface area contributed by atoms with E-state index in [0.29, 0.717) is 5.02 Å². The second-order valence-corrected chi connectivity index (χ2v) is 5.66. The second-order valence-electron chi connectivity index (χ2n) is 4.20. The van der Waals surface area contributed by atoms with Crippen LogP contribution in [0.2, 0.25) is 5.02 Å². The van der Waals surface area contributed by atoms with E-state index < -0.39 is 6.10 Å². The molecular weight excluding hydrogens is 252 g/mol. The molecule has 0 saturated carbocycles. The molecule has 1 N–H and O–H groups in total. The molecule has 17 heavy (non-hydrogen) atoms. The molecule has 3 heteroatoms. The fourth-order valence-corrected chi connectivity index (χ4v) is 2.88. The van der Waals surface area contributed by atoms with Crippen LogP contribution in [-0.4, -0.2) is 5.11 Å². The monoisotopic (exact) mass is 266 g/mol. The summed E-state index contributed by atoms with van der Waals surface area (Å²) in [5, 5.41) is 12.9. The zero-order valence-corrected chi connectivity index (χ0v) is 11.3. The Morgan fingerprint density at radius 2 is 2.18 bits per heavy atom. The molecule has 1 unspecified atom stereocenters. The van der Waals surface area contributed by atoms with Gasteiger partial charge >= 0.3 is 0 Å². The topological polar surface area (TPSA) is 20.2 Å². The van der Waals surface area contributed by atoms with E-state index in [0.717, 1.165) is 24.0 Å². The van der Waals surface area contributed by atoms with Gasteiger partial charge in [0.1, 0.15) is 0 Å². The molecule has 2 rings (SSSR count). The molecule has 0 radical (unpaired) electrons. The highest BCUT2D eigenvalue weighted by molar-refractivity contribution is 7.09. The average molecular weight is 267 g/mol. The number of halogens is 1. The molecule has 1 heterocycles. The van der Waals surface area contributed by atoms with Crippen molar-refractivity contribution in [1.82, 2.24) is 0 Å². The third kappa shape index (κ3) is 3.56. The van der Waals surface area contributed by atoms with Gasteiger partial charge in [0.2, 0.25) is 0 Å². The first kappa shape index (κ1) is 12.6. The molecule has 0 saturated heterocycles. The smallest absolute Gasteiger partial charge is 0.0794 e. The summed E-state index contributed by atoms with van der Waals surface area (Å²) in [7, 11) is 0. The van der Waals surface area contributed by atoms with Crippen LogP contribution in [0.25, 0.3) is 0 Å². The molecule has 2 aromatic rings. The number of rotatable bonds is 4. The van der Waals surface area contributed by atoms with Crippen LogP contribution in [0.4, 0.5) is 0 Å². The van der Waals surface area contributed by atoms with Crippen molar-refractivity contribution < 1.29 is 5.11 Å². The summed E-state index contributed by atoms with van der Waals surface area (Å²) in [4.78, 5) is 1.31. The van der Waals surface area contributed by atoms with E-state index >= 15 is 0 Å². The Kier molecular flexibility index (Phi) is 4.21. The summed E-state index contributed by atoms with van der Waals surface area (Å²) in [6.07, 6.45) is 1.21. The molecule has 1 nitrogen and oxygen atoms in total. The minimum absolute atomic E-state index is 0.436. The van der Waals surface area contributed by atoms with Gasteiger partial charge in [0.25, 0.3) is 0 Å². The molecule has 1 aromatic carbocycles. The van der Waals surface area contributed by atoms with Gasteiger partial charge in [0.15, 0.2) is 0 Å². The highest BCUT2D eigenvalue weighted by Crippen LogP contribution is 2.24.